The van der Waals surface area contributed by atoms with Gasteiger partial charge < -0.3 is 15.7 Å². The number of oxime groups is 1. The van der Waals surface area contributed by atoms with Crippen molar-refractivity contribution in [2.75, 3.05) is 6.61 Å². The van der Waals surface area contributed by atoms with E-state index >= 15 is 0 Å². The zero-order valence-electron chi connectivity index (χ0n) is 8.79. The maximum Gasteiger partial charge on any atom is 0.139 e. The topological polar surface area (TPSA) is 67.8 Å². The van der Waals surface area contributed by atoms with Gasteiger partial charge >= 0.3 is 0 Å². The number of halogens is 3. The van der Waals surface area contributed by atoms with Gasteiger partial charge in [0.1, 0.15) is 11.6 Å². The van der Waals surface area contributed by atoms with Crippen LogP contribution in [-0.2, 0) is 0 Å². The Balaban J connectivity index is 2.50. The Labute approximate surface area is 114 Å². The summed E-state index contributed by atoms with van der Waals surface area (Å²) in [6.07, 6.45) is 1.04. The fourth-order valence-corrected chi connectivity index (χ4v) is 1.69. The molecule has 0 radical (unpaired) electrons. The van der Waals surface area contributed by atoms with Crippen molar-refractivity contribution in [3.8, 4) is 5.75 Å². The van der Waals surface area contributed by atoms with Crippen molar-refractivity contribution >= 4 is 40.6 Å². The number of nitrogens with zero attached hydrogens (tertiary/aromatic N) is 1. The summed E-state index contributed by atoms with van der Waals surface area (Å²) in [5.74, 6) is 0.620. The molecule has 17 heavy (non-hydrogen) atoms. The molecule has 0 aliphatic carbocycles. The van der Waals surface area contributed by atoms with E-state index in [0.717, 1.165) is 0 Å². The van der Waals surface area contributed by atoms with E-state index in [2.05, 4.69) is 5.16 Å². The van der Waals surface area contributed by atoms with E-state index in [1.165, 1.54) is 6.07 Å². The first-order valence-corrected chi connectivity index (χ1v) is 5.91. The second kappa shape index (κ2) is 6.79. The highest BCUT2D eigenvalue weighted by atomic mass is 35.5. The molecule has 0 fully saturated rings. The molecule has 1 aromatic carbocycles. The van der Waals surface area contributed by atoms with Crippen molar-refractivity contribution in [2.24, 2.45) is 10.9 Å². The second-order valence-corrected chi connectivity index (χ2v) is 4.46. The van der Waals surface area contributed by atoms with Gasteiger partial charge in [0.25, 0.3) is 0 Å². The van der Waals surface area contributed by atoms with Crippen LogP contribution in [0.5, 0.6) is 5.75 Å². The predicted molar refractivity (Wildman–Crippen MR) is 69.6 cm³/mol. The highest BCUT2D eigenvalue weighted by Gasteiger charge is 2.07. The van der Waals surface area contributed by atoms with E-state index in [0.29, 0.717) is 40.3 Å². The molecule has 0 bridgehead atoms. The molecule has 7 heteroatoms. The molecule has 0 spiro atoms. The molecule has 94 valence electrons. The molecule has 0 aliphatic rings. The number of benzene rings is 1. The smallest absolute Gasteiger partial charge is 0.139 e. The zero-order valence-corrected chi connectivity index (χ0v) is 11.1. The number of rotatable bonds is 5. The average molecular weight is 298 g/mol. The van der Waals surface area contributed by atoms with E-state index in [1.54, 1.807) is 6.07 Å². The van der Waals surface area contributed by atoms with Crippen molar-refractivity contribution < 1.29 is 9.94 Å². The van der Waals surface area contributed by atoms with Gasteiger partial charge in [-0.15, -0.1) is 0 Å². The summed E-state index contributed by atoms with van der Waals surface area (Å²) in [5, 5.41) is 12.3. The molecule has 0 saturated carbocycles. The van der Waals surface area contributed by atoms with Crippen LogP contribution in [0.1, 0.15) is 12.8 Å². The average Bonchev–Trinajstić information content (AvgIpc) is 2.30. The first kappa shape index (κ1) is 14.2. The van der Waals surface area contributed by atoms with E-state index in [1.807, 2.05) is 0 Å². The molecule has 0 unspecified atom stereocenters. The minimum atomic E-state index is 0.161. The fraction of sp³-hybridized carbons (Fsp3) is 0.300. The van der Waals surface area contributed by atoms with Crippen molar-refractivity contribution in [3.05, 3.63) is 27.2 Å². The maximum absolute atomic E-state index is 8.33. The first-order chi connectivity index (χ1) is 8.04. The monoisotopic (exact) mass is 296 g/mol. The summed E-state index contributed by atoms with van der Waals surface area (Å²) < 4.78 is 5.40. The lowest BCUT2D eigenvalue weighted by molar-refractivity contribution is 0.305. The Morgan fingerprint density at radius 1 is 1.24 bits per heavy atom. The van der Waals surface area contributed by atoms with Gasteiger partial charge in [-0.05, 0) is 12.5 Å². The third-order valence-corrected chi connectivity index (χ3v) is 2.96. The van der Waals surface area contributed by atoms with Crippen LogP contribution in [0.2, 0.25) is 15.1 Å². The van der Waals surface area contributed by atoms with Crippen molar-refractivity contribution in [3.63, 3.8) is 0 Å². The predicted octanol–water partition coefficient (Wildman–Crippen LogP) is 3.55. The highest BCUT2D eigenvalue weighted by Crippen LogP contribution is 2.33. The SMILES string of the molecule is N/C(CCCOc1cc(Cl)c(Cl)cc1Cl)=N\O. The molecule has 4 nitrogen and oxygen atoms in total. The molecule has 3 N–H and O–H groups in total. The van der Waals surface area contributed by atoms with E-state index < -0.39 is 0 Å². The normalized spacial score (nSPS) is 11.6. The Kier molecular flexibility index (Phi) is 5.68. The molecule has 0 heterocycles. The van der Waals surface area contributed by atoms with Gasteiger partial charge in [-0.3, -0.25) is 0 Å². The summed E-state index contributed by atoms with van der Waals surface area (Å²) in [6, 6.07) is 3.07. The molecule has 0 amide bonds. The largest absolute Gasteiger partial charge is 0.492 e. The summed E-state index contributed by atoms with van der Waals surface area (Å²) in [5.41, 5.74) is 5.31. The van der Waals surface area contributed by atoms with E-state index in [-0.39, 0.29) is 5.84 Å². The second-order valence-electron chi connectivity index (χ2n) is 3.24. The van der Waals surface area contributed by atoms with Crippen molar-refractivity contribution in [1.29, 1.82) is 0 Å². The standard InChI is InChI=1S/C10H11Cl3N2O2/c11-6-4-8(13)9(5-7(6)12)17-3-1-2-10(14)15-16/h4-5,16H,1-3H2,(H2,14,15). The van der Waals surface area contributed by atoms with Gasteiger partial charge in [-0.25, -0.2) is 0 Å². The summed E-state index contributed by atoms with van der Waals surface area (Å²) in [7, 11) is 0. The van der Waals surface area contributed by atoms with Crippen LogP contribution >= 0.6 is 34.8 Å². The zero-order chi connectivity index (χ0) is 12.8. The van der Waals surface area contributed by atoms with Crippen LogP contribution in [0.25, 0.3) is 0 Å². The van der Waals surface area contributed by atoms with Gasteiger partial charge in [0.2, 0.25) is 0 Å². The van der Waals surface area contributed by atoms with Crippen molar-refractivity contribution in [2.45, 2.75) is 12.8 Å². The Hall–Kier alpha value is -0.840. The minimum Gasteiger partial charge on any atom is -0.492 e. The molecule has 1 rings (SSSR count). The molecule has 0 aliphatic heterocycles. The quantitative estimate of drug-likeness (QED) is 0.218. The molecule has 0 saturated heterocycles. The van der Waals surface area contributed by atoms with Gasteiger partial charge in [0, 0.05) is 12.5 Å². The highest BCUT2D eigenvalue weighted by molar-refractivity contribution is 6.43. The van der Waals surface area contributed by atoms with Crippen LogP contribution in [0.4, 0.5) is 0 Å². The minimum absolute atomic E-state index is 0.161. The number of ether oxygens (including phenoxy) is 1. The summed E-state index contributed by atoms with van der Waals surface area (Å²) in [6.45, 7) is 0.383. The van der Waals surface area contributed by atoms with E-state index in [9.17, 15) is 0 Å². The molecular formula is C10H11Cl3N2O2. The fourth-order valence-electron chi connectivity index (χ4n) is 1.10. The van der Waals surface area contributed by atoms with Crippen LogP contribution < -0.4 is 10.5 Å². The Morgan fingerprint density at radius 3 is 2.53 bits per heavy atom. The lowest BCUT2D eigenvalue weighted by Gasteiger charge is -2.08. The third-order valence-electron chi connectivity index (χ3n) is 1.94. The maximum atomic E-state index is 8.33. The van der Waals surface area contributed by atoms with Crippen LogP contribution in [0.3, 0.4) is 0 Å². The number of amidine groups is 1. The number of hydrogen-bond acceptors (Lipinski definition) is 3. The lowest BCUT2D eigenvalue weighted by Crippen LogP contribution is -2.12. The van der Waals surface area contributed by atoms with Crippen molar-refractivity contribution in [1.82, 2.24) is 0 Å². The summed E-state index contributed by atoms with van der Waals surface area (Å²) in [4.78, 5) is 0. The molecule has 1 aromatic rings. The van der Waals surface area contributed by atoms with Gasteiger partial charge in [-0.1, -0.05) is 40.0 Å². The Bertz CT molecular complexity index is 424. The van der Waals surface area contributed by atoms with Crippen LogP contribution in [0, 0.1) is 0 Å². The Morgan fingerprint density at radius 2 is 1.88 bits per heavy atom. The molecule has 0 atom stereocenters. The van der Waals surface area contributed by atoms with Gasteiger partial charge in [0.15, 0.2) is 0 Å². The number of hydrogen-bond donors (Lipinski definition) is 2. The summed E-state index contributed by atoms with van der Waals surface area (Å²) >= 11 is 17.5. The molecular weight excluding hydrogens is 286 g/mol. The first-order valence-electron chi connectivity index (χ1n) is 4.78. The molecule has 0 aromatic heterocycles. The number of nitrogens with two attached hydrogens (primary N) is 1. The van der Waals surface area contributed by atoms with Gasteiger partial charge in [0.05, 0.1) is 21.7 Å². The van der Waals surface area contributed by atoms with Gasteiger partial charge in [-0.2, -0.15) is 0 Å². The van der Waals surface area contributed by atoms with E-state index in [4.69, 9.17) is 50.5 Å². The lowest BCUT2D eigenvalue weighted by atomic mass is 10.3. The third kappa shape index (κ3) is 4.50. The van der Waals surface area contributed by atoms with Crippen LogP contribution in [-0.4, -0.2) is 17.6 Å². The van der Waals surface area contributed by atoms with Crippen LogP contribution in [0.15, 0.2) is 17.3 Å².